The first-order valence-electron chi connectivity index (χ1n) is 14.3. The van der Waals surface area contributed by atoms with Crippen LogP contribution in [0.15, 0.2) is 65.6 Å². The summed E-state index contributed by atoms with van der Waals surface area (Å²) in [6.45, 7) is 7.80. The summed E-state index contributed by atoms with van der Waals surface area (Å²) in [6.07, 6.45) is 1.91. The number of carbonyl (C=O) groups is 1. The molecule has 0 bridgehead atoms. The third kappa shape index (κ3) is 5.94. The quantitative estimate of drug-likeness (QED) is 0.466. The number of sulfonamides is 1. The van der Waals surface area contributed by atoms with Gasteiger partial charge in [-0.1, -0.05) is 30.3 Å². The first-order chi connectivity index (χ1) is 20.1. The molecule has 2 aliphatic rings. The lowest BCUT2D eigenvalue weighted by Crippen LogP contribution is -2.49. The van der Waals surface area contributed by atoms with Gasteiger partial charge in [0.1, 0.15) is 11.0 Å². The molecule has 2 N–H and O–H groups in total. The number of anilines is 3. The number of aryl methyl sites for hydroxylation is 2. The molecule has 2 heterocycles. The maximum atomic E-state index is 13.8. The van der Waals surface area contributed by atoms with Gasteiger partial charge in [-0.05, 0) is 68.1 Å². The molecular formula is C32H38N6O3S. The van der Waals surface area contributed by atoms with Crippen LogP contribution in [0.3, 0.4) is 0 Å². The highest BCUT2D eigenvalue weighted by Gasteiger charge is 2.29. The Morgan fingerprint density at radius 3 is 2.12 bits per heavy atom. The molecule has 9 nitrogen and oxygen atoms in total. The third-order valence-electron chi connectivity index (χ3n) is 8.61. The second kappa shape index (κ2) is 12.0. The summed E-state index contributed by atoms with van der Waals surface area (Å²) >= 11 is 0. The maximum absolute atomic E-state index is 13.8. The number of nitrogens with zero attached hydrogens (tertiary/aromatic N) is 5. The molecule has 5 rings (SSSR count). The van der Waals surface area contributed by atoms with E-state index in [9.17, 15) is 18.5 Å². The lowest BCUT2D eigenvalue weighted by Gasteiger charge is -2.40. The molecule has 0 radical (unpaired) electrons. The summed E-state index contributed by atoms with van der Waals surface area (Å²) in [5, 5.41) is 15.0. The van der Waals surface area contributed by atoms with E-state index in [1.165, 1.54) is 6.07 Å². The Hall–Kier alpha value is -4.07. The maximum Gasteiger partial charge on any atom is 0.254 e. The monoisotopic (exact) mass is 586 g/mol. The Kier molecular flexibility index (Phi) is 8.43. The fourth-order valence-electron chi connectivity index (χ4n) is 6.27. The number of nitriles is 1. The van der Waals surface area contributed by atoms with Gasteiger partial charge in [-0.3, -0.25) is 4.79 Å². The zero-order valence-corrected chi connectivity index (χ0v) is 25.3. The smallest absolute Gasteiger partial charge is 0.254 e. The summed E-state index contributed by atoms with van der Waals surface area (Å²) in [4.78, 5) is 22.3. The van der Waals surface area contributed by atoms with Crippen molar-refractivity contribution in [2.24, 2.45) is 5.14 Å². The van der Waals surface area contributed by atoms with Crippen molar-refractivity contribution in [3.63, 3.8) is 0 Å². The van der Waals surface area contributed by atoms with E-state index < -0.39 is 10.0 Å². The van der Waals surface area contributed by atoms with Crippen molar-refractivity contribution in [2.45, 2.75) is 37.6 Å². The highest BCUT2D eigenvalue weighted by Crippen LogP contribution is 2.31. The van der Waals surface area contributed by atoms with E-state index in [4.69, 9.17) is 5.14 Å². The molecule has 3 aromatic rings. The van der Waals surface area contributed by atoms with E-state index in [-0.39, 0.29) is 10.8 Å². The van der Waals surface area contributed by atoms with Crippen LogP contribution in [-0.4, -0.2) is 71.6 Å². The number of nitrogens with two attached hydrogens (primary N) is 1. The average molecular weight is 587 g/mol. The normalized spacial score (nSPS) is 16.3. The van der Waals surface area contributed by atoms with E-state index in [0.29, 0.717) is 49.0 Å². The first-order valence-corrected chi connectivity index (χ1v) is 15.9. The lowest BCUT2D eigenvalue weighted by molar-refractivity contribution is 0.0746. The number of benzene rings is 3. The summed E-state index contributed by atoms with van der Waals surface area (Å²) in [6, 6.07) is 21.3. The Morgan fingerprint density at radius 1 is 0.881 bits per heavy atom. The van der Waals surface area contributed by atoms with Gasteiger partial charge in [0, 0.05) is 63.6 Å². The molecule has 2 aliphatic heterocycles. The number of hydrogen-bond donors (Lipinski definition) is 1. The topological polar surface area (TPSA) is 114 Å². The molecule has 0 atom stereocenters. The van der Waals surface area contributed by atoms with Crippen LogP contribution >= 0.6 is 0 Å². The van der Waals surface area contributed by atoms with Gasteiger partial charge >= 0.3 is 0 Å². The highest BCUT2D eigenvalue weighted by molar-refractivity contribution is 7.89. The predicted molar refractivity (Wildman–Crippen MR) is 167 cm³/mol. The number of hydrogen-bond acceptors (Lipinski definition) is 7. The van der Waals surface area contributed by atoms with Gasteiger partial charge in [-0.15, -0.1) is 0 Å². The number of piperazine rings is 1. The minimum Gasteiger partial charge on any atom is -0.371 e. The third-order valence-corrected chi connectivity index (χ3v) is 9.57. The van der Waals surface area contributed by atoms with Crippen molar-refractivity contribution in [3.8, 4) is 6.07 Å². The minimum atomic E-state index is -3.85. The zero-order valence-electron chi connectivity index (χ0n) is 24.5. The molecule has 42 heavy (non-hydrogen) atoms. The molecule has 0 spiro atoms. The molecule has 3 aromatic carbocycles. The Morgan fingerprint density at radius 2 is 1.48 bits per heavy atom. The van der Waals surface area contributed by atoms with Gasteiger partial charge in [-0.2, -0.15) is 5.26 Å². The molecule has 220 valence electrons. The van der Waals surface area contributed by atoms with Crippen LogP contribution in [0.25, 0.3) is 0 Å². The summed E-state index contributed by atoms with van der Waals surface area (Å²) in [5.41, 5.74) is 6.10. The van der Waals surface area contributed by atoms with Crippen LogP contribution in [0.1, 0.15) is 39.9 Å². The van der Waals surface area contributed by atoms with Gasteiger partial charge in [-0.25, -0.2) is 13.6 Å². The summed E-state index contributed by atoms with van der Waals surface area (Å²) in [7, 11) is -1.74. The van der Waals surface area contributed by atoms with Crippen LogP contribution in [-0.2, 0) is 10.0 Å². The molecule has 2 fully saturated rings. The van der Waals surface area contributed by atoms with Gasteiger partial charge in [0.05, 0.1) is 16.9 Å². The van der Waals surface area contributed by atoms with Crippen molar-refractivity contribution in [1.29, 1.82) is 5.26 Å². The number of amides is 1. The number of rotatable bonds is 6. The molecule has 1 amide bonds. The average Bonchev–Trinajstić information content (AvgIpc) is 3.00. The summed E-state index contributed by atoms with van der Waals surface area (Å²) < 4.78 is 24.2. The number of piperidine rings is 1. The standard InChI is InChI=1S/C32H38N6O3S/c1-23-20-24(2)30(35(3)26-12-14-36(15-13-26)28-9-5-4-8-25(28)22-33)21-27(23)32(39)38-18-16-37(17-19-38)29-10-6-7-11-31(29)42(34,40)41/h4-11,20-21,26H,12-19H2,1-3H3,(H2,34,40,41). The van der Waals surface area contributed by atoms with Crippen LogP contribution in [0.4, 0.5) is 17.1 Å². The predicted octanol–water partition coefficient (Wildman–Crippen LogP) is 3.89. The van der Waals surface area contributed by atoms with Crippen molar-refractivity contribution in [3.05, 3.63) is 82.9 Å². The summed E-state index contributed by atoms with van der Waals surface area (Å²) in [5.74, 6) is -0.00976. The first kappa shape index (κ1) is 29.4. The zero-order chi connectivity index (χ0) is 30.0. The molecule has 10 heteroatoms. The number of para-hydroxylation sites is 2. The fourth-order valence-corrected chi connectivity index (χ4v) is 7.02. The van der Waals surface area contributed by atoms with Gasteiger partial charge in [0.2, 0.25) is 10.0 Å². The molecule has 0 saturated carbocycles. The number of carbonyl (C=O) groups excluding carboxylic acids is 1. The molecular weight excluding hydrogens is 548 g/mol. The number of primary sulfonamides is 1. The van der Waals surface area contributed by atoms with Crippen molar-refractivity contribution in [2.75, 3.05) is 61.0 Å². The SMILES string of the molecule is Cc1cc(C)c(N(C)C2CCN(c3ccccc3C#N)CC2)cc1C(=O)N1CCN(c2ccccc2S(N)(=O)=O)CC1. The fraction of sp³-hybridized carbons (Fsp3) is 0.375. The molecule has 0 aliphatic carbocycles. The van der Waals surface area contributed by atoms with E-state index >= 15 is 0 Å². The van der Waals surface area contributed by atoms with Crippen molar-refractivity contribution < 1.29 is 13.2 Å². The van der Waals surface area contributed by atoms with E-state index in [1.54, 1.807) is 18.2 Å². The Balaban J connectivity index is 1.27. The van der Waals surface area contributed by atoms with Crippen LogP contribution in [0.5, 0.6) is 0 Å². The van der Waals surface area contributed by atoms with Gasteiger partial charge in [0.25, 0.3) is 5.91 Å². The van der Waals surface area contributed by atoms with E-state index in [1.807, 2.05) is 47.1 Å². The van der Waals surface area contributed by atoms with Crippen molar-refractivity contribution in [1.82, 2.24) is 4.90 Å². The Labute approximate surface area is 248 Å². The lowest BCUT2D eigenvalue weighted by atomic mass is 9.97. The second-order valence-electron chi connectivity index (χ2n) is 11.2. The van der Waals surface area contributed by atoms with E-state index in [0.717, 1.165) is 48.4 Å². The second-order valence-corrected chi connectivity index (χ2v) is 12.7. The molecule has 2 saturated heterocycles. The van der Waals surface area contributed by atoms with Gasteiger partial charge in [0.15, 0.2) is 0 Å². The molecule has 0 aromatic heterocycles. The van der Waals surface area contributed by atoms with Crippen LogP contribution in [0, 0.1) is 25.2 Å². The van der Waals surface area contributed by atoms with E-state index in [2.05, 4.69) is 35.9 Å². The molecule has 0 unspecified atom stereocenters. The highest BCUT2D eigenvalue weighted by atomic mass is 32.2. The van der Waals surface area contributed by atoms with Crippen LogP contribution < -0.4 is 19.8 Å². The minimum absolute atomic E-state index is 0.00976. The van der Waals surface area contributed by atoms with Crippen LogP contribution in [0.2, 0.25) is 0 Å². The Bertz CT molecular complexity index is 1620. The van der Waals surface area contributed by atoms with Gasteiger partial charge < -0.3 is 19.6 Å². The largest absolute Gasteiger partial charge is 0.371 e. The van der Waals surface area contributed by atoms with Crippen molar-refractivity contribution >= 4 is 33.0 Å².